The third-order valence-electron chi connectivity index (χ3n) is 7.32. The maximum absolute atomic E-state index is 13.0. The minimum Gasteiger partial charge on any atom is -0.497 e. The number of methoxy groups -OCH3 is 2. The summed E-state index contributed by atoms with van der Waals surface area (Å²) in [5.41, 5.74) is 1.89. The Hall–Kier alpha value is -2.63. The van der Waals surface area contributed by atoms with Gasteiger partial charge in [0.15, 0.2) is 0 Å². The Morgan fingerprint density at radius 3 is 2.75 bits per heavy atom. The molecule has 4 rings (SSSR count). The van der Waals surface area contributed by atoms with Gasteiger partial charge in [0.1, 0.15) is 5.75 Å². The molecule has 32 heavy (non-hydrogen) atoms. The van der Waals surface area contributed by atoms with Crippen LogP contribution in [0.1, 0.15) is 35.2 Å². The van der Waals surface area contributed by atoms with E-state index >= 15 is 0 Å². The fourth-order valence-electron chi connectivity index (χ4n) is 5.77. The molecule has 2 aromatic carbocycles. The first-order chi connectivity index (χ1) is 15.6. The number of carbonyl (C=O) groups excluding carboxylic acids is 1. The molecule has 0 spiro atoms. The summed E-state index contributed by atoms with van der Waals surface area (Å²) in [6.07, 6.45) is 4.75. The number of fused-ring (bicyclic) bond motifs is 1. The van der Waals surface area contributed by atoms with E-state index in [0.717, 1.165) is 44.6 Å². The van der Waals surface area contributed by atoms with Crippen molar-refractivity contribution < 1.29 is 14.3 Å². The minimum atomic E-state index is -0.0836. The number of rotatable bonds is 7. The van der Waals surface area contributed by atoms with E-state index in [1.165, 1.54) is 5.56 Å². The van der Waals surface area contributed by atoms with Gasteiger partial charge in [0.25, 0.3) is 5.91 Å². The summed E-state index contributed by atoms with van der Waals surface area (Å²) >= 11 is 0. The predicted octanol–water partition coefficient (Wildman–Crippen LogP) is 4.05. The van der Waals surface area contributed by atoms with Gasteiger partial charge in [-0.25, -0.2) is 0 Å². The second-order valence-corrected chi connectivity index (χ2v) is 9.04. The second-order valence-electron chi connectivity index (χ2n) is 9.04. The lowest BCUT2D eigenvalue weighted by Crippen LogP contribution is -2.61. The Labute approximate surface area is 191 Å². The van der Waals surface area contributed by atoms with Crippen LogP contribution in [0.3, 0.4) is 0 Å². The fraction of sp³-hybridized carbons (Fsp3) is 0.444. The average molecular weight is 435 g/mol. The topological polar surface area (TPSA) is 50.8 Å². The Kier molecular flexibility index (Phi) is 6.97. The number of hydrogen-bond donors (Lipinski definition) is 1. The maximum Gasteiger partial charge on any atom is 0.251 e. The van der Waals surface area contributed by atoms with E-state index in [1.807, 2.05) is 42.5 Å². The molecule has 5 heteroatoms. The molecule has 1 heterocycles. The van der Waals surface area contributed by atoms with Crippen molar-refractivity contribution in [3.05, 3.63) is 78.4 Å². The molecule has 0 bridgehead atoms. The first kappa shape index (κ1) is 22.6. The Bertz CT molecular complexity index is 932. The second kappa shape index (κ2) is 9.88. The summed E-state index contributed by atoms with van der Waals surface area (Å²) in [6, 6.07) is 17.9. The fourth-order valence-corrected chi connectivity index (χ4v) is 5.77. The Balaban J connectivity index is 1.67. The van der Waals surface area contributed by atoms with Gasteiger partial charge in [0, 0.05) is 43.1 Å². The summed E-state index contributed by atoms with van der Waals surface area (Å²) in [5, 5.41) is 3.31. The lowest BCUT2D eigenvalue weighted by Gasteiger charge is -2.55. The van der Waals surface area contributed by atoms with Crippen molar-refractivity contribution in [2.45, 2.75) is 36.8 Å². The highest BCUT2D eigenvalue weighted by molar-refractivity contribution is 5.94. The summed E-state index contributed by atoms with van der Waals surface area (Å²) < 4.78 is 11.6. The molecule has 0 radical (unpaired) electrons. The van der Waals surface area contributed by atoms with E-state index in [9.17, 15) is 4.79 Å². The van der Waals surface area contributed by atoms with Gasteiger partial charge in [-0.1, -0.05) is 36.4 Å². The standard InChI is InChI=1S/C27H34N2O3/c1-4-14-29-15-13-27(21-11-8-12-23(16-21)31-2)18-22(17-25(32-3)24(27)19-29)28-26(30)20-9-6-5-7-10-20/h4-12,16,22,24-25H,1,13-15,17-19H2,2-3H3,(H,28,30)/t22-,24?,25?,27?/m1/s1. The highest BCUT2D eigenvalue weighted by Crippen LogP contribution is 2.50. The molecular formula is C27H34N2O3. The molecule has 3 unspecified atom stereocenters. The molecule has 2 aromatic rings. The lowest BCUT2D eigenvalue weighted by molar-refractivity contribution is -0.0653. The monoisotopic (exact) mass is 434 g/mol. The zero-order chi connectivity index (χ0) is 22.6. The van der Waals surface area contributed by atoms with Crippen LogP contribution in [0.25, 0.3) is 0 Å². The van der Waals surface area contributed by atoms with Crippen molar-refractivity contribution in [3.8, 4) is 5.75 Å². The van der Waals surface area contributed by atoms with Crippen LogP contribution in [0.15, 0.2) is 67.3 Å². The van der Waals surface area contributed by atoms with Crippen LogP contribution >= 0.6 is 0 Å². The number of nitrogens with zero attached hydrogens (tertiary/aromatic N) is 1. The van der Waals surface area contributed by atoms with E-state index in [2.05, 4.69) is 35.0 Å². The molecule has 170 valence electrons. The van der Waals surface area contributed by atoms with Crippen molar-refractivity contribution in [2.24, 2.45) is 5.92 Å². The third kappa shape index (κ3) is 4.45. The number of piperidine rings is 1. The molecule has 1 N–H and O–H groups in total. The van der Waals surface area contributed by atoms with Gasteiger partial charge >= 0.3 is 0 Å². The number of ether oxygens (including phenoxy) is 2. The number of likely N-dealkylation sites (tertiary alicyclic amines) is 1. The van der Waals surface area contributed by atoms with Crippen LogP contribution in [0, 0.1) is 5.92 Å². The summed E-state index contributed by atoms with van der Waals surface area (Å²) in [6.45, 7) is 6.77. The molecule has 1 amide bonds. The molecule has 5 nitrogen and oxygen atoms in total. The summed E-state index contributed by atoms with van der Waals surface area (Å²) in [5.74, 6) is 1.18. The normalized spacial score (nSPS) is 27.9. The van der Waals surface area contributed by atoms with Gasteiger partial charge in [0.05, 0.1) is 13.2 Å². The van der Waals surface area contributed by atoms with E-state index in [4.69, 9.17) is 9.47 Å². The van der Waals surface area contributed by atoms with Gasteiger partial charge in [-0.3, -0.25) is 9.69 Å². The first-order valence-corrected chi connectivity index (χ1v) is 11.5. The van der Waals surface area contributed by atoms with Crippen LogP contribution in [0.2, 0.25) is 0 Å². The lowest BCUT2D eigenvalue weighted by atomic mass is 9.57. The zero-order valence-corrected chi connectivity index (χ0v) is 19.1. The number of nitrogens with one attached hydrogen (secondary N) is 1. The van der Waals surface area contributed by atoms with Crippen molar-refractivity contribution in [1.29, 1.82) is 0 Å². The molecule has 1 aliphatic heterocycles. The number of carbonyl (C=O) groups is 1. The minimum absolute atomic E-state index is 0.0196. The first-order valence-electron chi connectivity index (χ1n) is 11.5. The van der Waals surface area contributed by atoms with Crippen LogP contribution < -0.4 is 10.1 Å². The van der Waals surface area contributed by atoms with E-state index in [0.29, 0.717) is 11.5 Å². The third-order valence-corrected chi connectivity index (χ3v) is 7.32. The zero-order valence-electron chi connectivity index (χ0n) is 19.1. The number of benzene rings is 2. The highest BCUT2D eigenvalue weighted by Gasteiger charge is 2.52. The Morgan fingerprint density at radius 1 is 1.22 bits per heavy atom. The summed E-state index contributed by atoms with van der Waals surface area (Å²) in [7, 11) is 3.51. The van der Waals surface area contributed by atoms with E-state index in [-0.39, 0.29) is 23.5 Å². The van der Waals surface area contributed by atoms with Crippen molar-refractivity contribution in [3.63, 3.8) is 0 Å². The quantitative estimate of drug-likeness (QED) is 0.668. The molecule has 1 aliphatic carbocycles. The van der Waals surface area contributed by atoms with Crippen LogP contribution in [-0.4, -0.2) is 56.8 Å². The van der Waals surface area contributed by atoms with Gasteiger partial charge < -0.3 is 14.8 Å². The van der Waals surface area contributed by atoms with Gasteiger partial charge in [-0.05, 0) is 55.6 Å². The van der Waals surface area contributed by atoms with E-state index in [1.54, 1.807) is 14.2 Å². The smallest absolute Gasteiger partial charge is 0.251 e. The van der Waals surface area contributed by atoms with Crippen LogP contribution in [-0.2, 0) is 10.2 Å². The van der Waals surface area contributed by atoms with Gasteiger partial charge in [0.2, 0.25) is 0 Å². The molecule has 2 aliphatic rings. The SMILES string of the molecule is C=CCN1CCC2(c3cccc(OC)c3)C[C@H](NC(=O)c3ccccc3)CC(OC)C2C1. The number of hydrogen-bond acceptors (Lipinski definition) is 4. The molecule has 0 aromatic heterocycles. The van der Waals surface area contributed by atoms with E-state index < -0.39 is 0 Å². The largest absolute Gasteiger partial charge is 0.497 e. The number of amides is 1. The van der Waals surface area contributed by atoms with Crippen molar-refractivity contribution >= 4 is 5.91 Å². The van der Waals surface area contributed by atoms with Gasteiger partial charge in [-0.2, -0.15) is 0 Å². The summed E-state index contributed by atoms with van der Waals surface area (Å²) in [4.78, 5) is 15.4. The maximum atomic E-state index is 13.0. The average Bonchev–Trinajstić information content (AvgIpc) is 2.84. The molecular weight excluding hydrogens is 400 g/mol. The Morgan fingerprint density at radius 2 is 2.03 bits per heavy atom. The van der Waals surface area contributed by atoms with Crippen LogP contribution in [0.5, 0.6) is 5.75 Å². The van der Waals surface area contributed by atoms with Crippen molar-refractivity contribution in [1.82, 2.24) is 10.2 Å². The molecule has 2 fully saturated rings. The molecule has 1 saturated heterocycles. The molecule has 4 atom stereocenters. The molecule has 1 saturated carbocycles. The highest BCUT2D eigenvalue weighted by atomic mass is 16.5. The van der Waals surface area contributed by atoms with Crippen LogP contribution in [0.4, 0.5) is 0 Å². The van der Waals surface area contributed by atoms with Crippen molar-refractivity contribution in [2.75, 3.05) is 33.9 Å². The van der Waals surface area contributed by atoms with Gasteiger partial charge in [-0.15, -0.1) is 6.58 Å². The predicted molar refractivity (Wildman–Crippen MR) is 127 cm³/mol.